The van der Waals surface area contributed by atoms with E-state index in [1.54, 1.807) is 0 Å². The minimum Gasteiger partial charge on any atom is -0.462 e. The molecule has 0 spiro atoms. The number of carbonyl (C=O) groups excluding carboxylic acids is 3. The summed E-state index contributed by atoms with van der Waals surface area (Å²) in [5, 5.41) is 0. The van der Waals surface area contributed by atoms with Gasteiger partial charge in [0, 0.05) is 19.3 Å². The summed E-state index contributed by atoms with van der Waals surface area (Å²) >= 11 is 0. The Balaban J connectivity index is 4.30. The van der Waals surface area contributed by atoms with E-state index in [-0.39, 0.29) is 31.1 Å². The van der Waals surface area contributed by atoms with Crippen LogP contribution in [0.2, 0.25) is 0 Å². The molecule has 0 rings (SSSR count). The first-order chi connectivity index (χ1) is 41.0. The van der Waals surface area contributed by atoms with Crippen LogP contribution in [-0.4, -0.2) is 37.2 Å². The maximum absolute atomic E-state index is 13.0. The molecule has 0 heterocycles. The molecule has 0 saturated heterocycles. The van der Waals surface area contributed by atoms with Crippen molar-refractivity contribution in [3.8, 4) is 0 Å². The molecule has 0 fully saturated rings. The Bertz CT molecular complexity index is 1470. The lowest BCUT2D eigenvalue weighted by atomic mass is 10.0. The summed E-state index contributed by atoms with van der Waals surface area (Å²) < 4.78 is 17.0. The molecule has 1 unspecified atom stereocenters. The molecule has 484 valence electrons. The summed E-state index contributed by atoms with van der Waals surface area (Å²) in [6.45, 7) is 6.58. The Morgan fingerprint density at radius 3 is 0.735 bits per heavy atom. The van der Waals surface area contributed by atoms with Crippen LogP contribution in [0.25, 0.3) is 0 Å². The fourth-order valence-electron chi connectivity index (χ4n) is 11.0. The molecule has 6 nitrogen and oxygen atoms in total. The fourth-order valence-corrected chi connectivity index (χ4v) is 11.0. The van der Waals surface area contributed by atoms with E-state index < -0.39 is 6.10 Å². The molecule has 0 amide bonds. The second-order valence-corrected chi connectivity index (χ2v) is 24.8. The Hall–Kier alpha value is -2.89. The minimum absolute atomic E-state index is 0.0741. The Labute approximate surface area is 517 Å². The van der Waals surface area contributed by atoms with Crippen molar-refractivity contribution >= 4 is 17.9 Å². The van der Waals surface area contributed by atoms with Crippen molar-refractivity contribution in [2.24, 2.45) is 0 Å². The van der Waals surface area contributed by atoms with Crippen LogP contribution in [0.5, 0.6) is 0 Å². The van der Waals surface area contributed by atoms with Crippen molar-refractivity contribution in [2.75, 3.05) is 13.2 Å². The van der Waals surface area contributed by atoms with Crippen molar-refractivity contribution in [1.82, 2.24) is 0 Å². The number of hydrogen-bond acceptors (Lipinski definition) is 6. The minimum atomic E-state index is -0.780. The predicted octanol–water partition coefficient (Wildman–Crippen LogP) is 25.5. The van der Waals surface area contributed by atoms with Crippen molar-refractivity contribution in [3.05, 3.63) is 60.8 Å². The monoisotopic (exact) mass is 1160 g/mol. The Kier molecular flexibility index (Phi) is 69.1. The number of esters is 3. The average molecular weight is 1160 g/mol. The summed E-state index contributed by atoms with van der Waals surface area (Å²) in [6.07, 6.45) is 92.6. The second-order valence-electron chi connectivity index (χ2n) is 24.8. The van der Waals surface area contributed by atoms with E-state index in [4.69, 9.17) is 14.2 Å². The highest BCUT2D eigenvalue weighted by molar-refractivity contribution is 5.71. The van der Waals surface area contributed by atoms with Gasteiger partial charge in [-0.1, -0.05) is 351 Å². The highest BCUT2D eigenvalue weighted by atomic mass is 16.6. The molecule has 0 aliphatic rings. The Morgan fingerprint density at radius 2 is 0.470 bits per heavy atom. The predicted molar refractivity (Wildman–Crippen MR) is 362 cm³/mol. The van der Waals surface area contributed by atoms with Crippen LogP contribution in [0.1, 0.15) is 393 Å². The topological polar surface area (TPSA) is 78.9 Å². The lowest BCUT2D eigenvalue weighted by molar-refractivity contribution is -0.167. The molecule has 0 aromatic heterocycles. The molecule has 0 aromatic rings. The number of allylic oxidation sites excluding steroid dienone is 10. The maximum Gasteiger partial charge on any atom is 0.306 e. The quantitative estimate of drug-likeness (QED) is 0.0261. The molecule has 0 aliphatic heterocycles. The lowest BCUT2D eigenvalue weighted by Crippen LogP contribution is -2.30. The van der Waals surface area contributed by atoms with Crippen LogP contribution in [0.4, 0.5) is 0 Å². The molecule has 1 atom stereocenters. The number of rotatable bonds is 68. The zero-order valence-corrected chi connectivity index (χ0v) is 55.7. The third kappa shape index (κ3) is 69.8. The second kappa shape index (κ2) is 71.6. The van der Waals surface area contributed by atoms with E-state index >= 15 is 0 Å². The summed E-state index contributed by atoms with van der Waals surface area (Å²) in [5.74, 6) is -0.860. The van der Waals surface area contributed by atoms with Gasteiger partial charge in [-0.3, -0.25) is 14.4 Å². The van der Waals surface area contributed by atoms with Crippen LogP contribution in [0, 0.1) is 0 Å². The van der Waals surface area contributed by atoms with Gasteiger partial charge in [-0.25, -0.2) is 0 Å². The van der Waals surface area contributed by atoms with Gasteiger partial charge in [-0.05, 0) is 83.5 Å². The summed E-state index contributed by atoms with van der Waals surface area (Å²) in [6, 6.07) is 0. The first-order valence-electron chi connectivity index (χ1n) is 36.8. The van der Waals surface area contributed by atoms with Crippen LogP contribution in [0.15, 0.2) is 60.8 Å². The highest BCUT2D eigenvalue weighted by Gasteiger charge is 2.19. The molecule has 0 aromatic carbocycles. The zero-order valence-electron chi connectivity index (χ0n) is 55.7. The molecule has 6 heteroatoms. The molecule has 0 saturated carbocycles. The summed E-state index contributed by atoms with van der Waals surface area (Å²) in [7, 11) is 0. The van der Waals surface area contributed by atoms with Crippen LogP contribution in [-0.2, 0) is 28.6 Å². The Morgan fingerprint density at radius 1 is 0.253 bits per heavy atom. The van der Waals surface area contributed by atoms with Gasteiger partial charge in [0.1, 0.15) is 13.2 Å². The molecular weight excluding hydrogens is 1020 g/mol. The van der Waals surface area contributed by atoms with Crippen molar-refractivity contribution in [2.45, 2.75) is 399 Å². The molecular formula is C77H140O6. The third-order valence-corrected chi connectivity index (χ3v) is 16.5. The number of ether oxygens (including phenoxy) is 3. The van der Waals surface area contributed by atoms with Gasteiger partial charge in [0.05, 0.1) is 0 Å². The van der Waals surface area contributed by atoms with E-state index in [0.29, 0.717) is 19.3 Å². The molecule has 0 radical (unpaired) electrons. The smallest absolute Gasteiger partial charge is 0.306 e. The highest BCUT2D eigenvalue weighted by Crippen LogP contribution is 2.19. The summed E-state index contributed by atoms with van der Waals surface area (Å²) in [4.78, 5) is 38.5. The van der Waals surface area contributed by atoms with Gasteiger partial charge >= 0.3 is 17.9 Å². The first-order valence-corrected chi connectivity index (χ1v) is 36.8. The van der Waals surface area contributed by atoms with Crippen LogP contribution >= 0.6 is 0 Å². The molecule has 0 aliphatic carbocycles. The van der Waals surface area contributed by atoms with Crippen LogP contribution in [0.3, 0.4) is 0 Å². The number of unbranched alkanes of at least 4 members (excludes halogenated alkanes) is 47. The van der Waals surface area contributed by atoms with E-state index in [1.807, 2.05) is 0 Å². The SMILES string of the molecule is CC/C=C\C/C=C\C/C=C\CCCCCCCCCC(=O)OCC(COC(=O)CCCCCCCCCCCCCCCCCCCCCCCCCCC)OC(=O)CCCCCCCCCCCCC/C=C\C/C=C\CCCCCCC. The zero-order chi connectivity index (χ0) is 59.9. The third-order valence-electron chi connectivity index (χ3n) is 16.5. The van der Waals surface area contributed by atoms with E-state index in [1.165, 1.54) is 263 Å². The number of hydrogen-bond donors (Lipinski definition) is 0. The average Bonchev–Trinajstić information content (AvgIpc) is 3.49. The first kappa shape index (κ1) is 80.1. The van der Waals surface area contributed by atoms with E-state index in [2.05, 4.69) is 81.5 Å². The van der Waals surface area contributed by atoms with Gasteiger partial charge in [0.2, 0.25) is 0 Å². The number of carbonyl (C=O) groups is 3. The van der Waals surface area contributed by atoms with E-state index in [9.17, 15) is 14.4 Å². The van der Waals surface area contributed by atoms with E-state index in [0.717, 1.165) is 89.9 Å². The van der Waals surface area contributed by atoms with Crippen molar-refractivity contribution in [1.29, 1.82) is 0 Å². The van der Waals surface area contributed by atoms with Gasteiger partial charge in [0.15, 0.2) is 6.10 Å². The molecule has 83 heavy (non-hydrogen) atoms. The van der Waals surface area contributed by atoms with Crippen molar-refractivity contribution in [3.63, 3.8) is 0 Å². The van der Waals surface area contributed by atoms with Crippen molar-refractivity contribution < 1.29 is 28.6 Å². The lowest BCUT2D eigenvalue weighted by Gasteiger charge is -2.18. The van der Waals surface area contributed by atoms with Crippen LogP contribution < -0.4 is 0 Å². The van der Waals surface area contributed by atoms with Gasteiger partial charge in [-0.15, -0.1) is 0 Å². The molecule has 0 N–H and O–H groups in total. The maximum atomic E-state index is 13.0. The fraction of sp³-hybridized carbons (Fsp3) is 0.831. The van der Waals surface area contributed by atoms with Gasteiger partial charge in [0.25, 0.3) is 0 Å². The van der Waals surface area contributed by atoms with Gasteiger partial charge in [-0.2, -0.15) is 0 Å². The van der Waals surface area contributed by atoms with Gasteiger partial charge < -0.3 is 14.2 Å². The normalized spacial score (nSPS) is 12.4. The largest absolute Gasteiger partial charge is 0.462 e. The molecule has 0 bridgehead atoms. The standard InChI is InChI=1S/C77H140O6/c1-4-7-10-13-16-19-22-25-28-31-33-35-37-38-40-41-43-46-49-52-55-58-61-64-67-70-76(79)82-73-74(72-81-75(78)69-66-63-60-57-54-51-48-45-30-27-24-21-18-15-12-9-6-3)83-77(80)71-68-65-62-59-56-53-50-47-44-42-39-36-34-32-29-26-23-20-17-14-11-8-5-2/h9,12,18,21,23,26-27,30,32,34,74H,4-8,10-11,13-17,19-20,22,24-25,28-29,31,33,35-73H2,1-3H3/b12-9-,21-18-,26-23-,30-27-,34-32-. The summed E-state index contributed by atoms with van der Waals surface area (Å²) in [5.41, 5.74) is 0.